The van der Waals surface area contributed by atoms with E-state index in [0.29, 0.717) is 30.2 Å². The molecular weight excluding hydrogens is 257 g/mol. The van der Waals surface area contributed by atoms with Gasteiger partial charge in [-0.05, 0) is 18.2 Å². The van der Waals surface area contributed by atoms with Crippen molar-refractivity contribution in [1.82, 2.24) is 15.2 Å². The van der Waals surface area contributed by atoms with E-state index < -0.39 is 11.7 Å². The topological polar surface area (TPSA) is 67.6 Å². The summed E-state index contributed by atoms with van der Waals surface area (Å²) in [6, 6.07) is 5.17. The van der Waals surface area contributed by atoms with Crippen LogP contribution >= 0.6 is 0 Å². The first-order chi connectivity index (χ1) is 8.99. The Bertz CT molecular complexity index is 548. The molecule has 102 valence electrons. The molecule has 0 radical (unpaired) electrons. The number of hydrogen-bond donors (Lipinski definition) is 2. The van der Waals surface area contributed by atoms with Gasteiger partial charge in [-0.15, -0.1) is 0 Å². The van der Waals surface area contributed by atoms with Gasteiger partial charge in [-0.2, -0.15) is 18.3 Å². The van der Waals surface area contributed by atoms with E-state index in [-0.39, 0.29) is 6.42 Å². The molecule has 0 fully saturated rings. The van der Waals surface area contributed by atoms with Crippen LogP contribution in [0.15, 0.2) is 24.3 Å². The maximum atomic E-state index is 12.6. The van der Waals surface area contributed by atoms with E-state index >= 15 is 0 Å². The highest BCUT2D eigenvalue weighted by atomic mass is 19.4. The number of nitrogens with one attached hydrogen (secondary N) is 1. The van der Waals surface area contributed by atoms with Gasteiger partial charge in [-0.1, -0.05) is 18.2 Å². The first-order valence-corrected chi connectivity index (χ1v) is 5.75. The second-order valence-electron chi connectivity index (χ2n) is 4.11. The zero-order valence-electron chi connectivity index (χ0n) is 10.0. The third-order valence-corrected chi connectivity index (χ3v) is 2.57. The fourth-order valence-corrected chi connectivity index (χ4v) is 1.71. The van der Waals surface area contributed by atoms with Crippen molar-refractivity contribution in [2.75, 3.05) is 6.54 Å². The normalized spacial score (nSPS) is 11.8. The smallest absolute Gasteiger partial charge is 0.330 e. The van der Waals surface area contributed by atoms with E-state index in [2.05, 4.69) is 15.2 Å². The van der Waals surface area contributed by atoms with Crippen molar-refractivity contribution in [3.63, 3.8) is 0 Å². The Balaban J connectivity index is 2.14. The second-order valence-corrected chi connectivity index (χ2v) is 4.11. The van der Waals surface area contributed by atoms with Gasteiger partial charge in [0, 0.05) is 12.8 Å². The van der Waals surface area contributed by atoms with Gasteiger partial charge in [0.2, 0.25) is 0 Å². The van der Waals surface area contributed by atoms with Crippen molar-refractivity contribution in [2.24, 2.45) is 5.73 Å². The second kappa shape index (κ2) is 5.40. The zero-order valence-corrected chi connectivity index (χ0v) is 10.0. The summed E-state index contributed by atoms with van der Waals surface area (Å²) >= 11 is 0. The lowest BCUT2D eigenvalue weighted by Crippen LogP contribution is -2.05. The number of hydrogen-bond acceptors (Lipinski definition) is 3. The molecule has 2 rings (SSSR count). The minimum Gasteiger partial charge on any atom is -0.330 e. The maximum absolute atomic E-state index is 12.6. The van der Waals surface area contributed by atoms with Crippen molar-refractivity contribution in [2.45, 2.75) is 19.0 Å². The van der Waals surface area contributed by atoms with E-state index in [9.17, 15) is 13.2 Å². The summed E-state index contributed by atoms with van der Waals surface area (Å²) < 4.78 is 37.7. The molecule has 0 aliphatic heterocycles. The minimum absolute atomic E-state index is 0.279. The highest BCUT2D eigenvalue weighted by Gasteiger charge is 2.30. The Hall–Kier alpha value is -1.89. The average molecular weight is 270 g/mol. The molecule has 7 heteroatoms. The molecular formula is C12H13F3N4. The number of aromatic amines is 1. The molecule has 4 nitrogen and oxygen atoms in total. The summed E-state index contributed by atoms with van der Waals surface area (Å²) in [7, 11) is 0. The standard InChI is InChI=1S/C12H13F3N4/c13-12(14,15)9-3-1-2-8(6-9)7-11-17-10(4-5-16)18-19-11/h1-3,6H,4-5,7,16H2,(H,17,18,19). The molecule has 0 saturated heterocycles. The quantitative estimate of drug-likeness (QED) is 0.891. The molecule has 2 aromatic rings. The van der Waals surface area contributed by atoms with Gasteiger partial charge in [0.1, 0.15) is 5.82 Å². The van der Waals surface area contributed by atoms with Crippen LogP contribution in [0.5, 0.6) is 0 Å². The highest BCUT2D eigenvalue weighted by Crippen LogP contribution is 2.29. The fourth-order valence-electron chi connectivity index (χ4n) is 1.71. The molecule has 19 heavy (non-hydrogen) atoms. The SMILES string of the molecule is NCCc1n[nH]c(Cc2cccc(C(F)(F)F)c2)n1. The summed E-state index contributed by atoms with van der Waals surface area (Å²) in [6.07, 6.45) is -3.51. The van der Waals surface area contributed by atoms with Crippen LogP contribution in [0.3, 0.4) is 0 Å². The number of rotatable bonds is 4. The molecule has 0 aliphatic rings. The van der Waals surface area contributed by atoms with Gasteiger partial charge in [0.05, 0.1) is 5.56 Å². The average Bonchev–Trinajstić information content (AvgIpc) is 2.76. The molecule has 1 aromatic carbocycles. The van der Waals surface area contributed by atoms with Gasteiger partial charge < -0.3 is 5.73 Å². The monoisotopic (exact) mass is 270 g/mol. The Morgan fingerprint density at radius 3 is 2.74 bits per heavy atom. The van der Waals surface area contributed by atoms with Crippen LogP contribution in [0.25, 0.3) is 0 Å². The van der Waals surface area contributed by atoms with Gasteiger partial charge in [-0.3, -0.25) is 5.10 Å². The summed E-state index contributed by atoms with van der Waals surface area (Å²) in [6.45, 7) is 0.431. The van der Waals surface area contributed by atoms with Crippen LogP contribution < -0.4 is 5.73 Å². The summed E-state index contributed by atoms with van der Waals surface area (Å²) in [5.74, 6) is 1.10. The summed E-state index contributed by atoms with van der Waals surface area (Å²) in [4.78, 5) is 4.16. The van der Waals surface area contributed by atoms with Crippen LogP contribution in [-0.2, 0) is 19.0 Å². The Kier molecular flexibility index (Phi) is 3.84. The third-order valence-electron chi connectivity index (χ3n) is 2.57. The number of H-pyrrole nitrogens is 1. The van der Waals surface area contributed by atoms with E-state index in [0.717, 1.165) is 12.1 Å². The number of nitrogens with two attached hydrogens (primary N) is 1. The molecule has 0 atom stereocenters. The van der Waals surface area contributed by atoms with Crippen molar-refractivity contribution in [3.8, 4) is 0 Å². The van der Waals surface area contributed by atoms with Crippen molar-refractivity contribution in [3.05, 3.63) is 47.0 Å². The Morgan fingerprint density at radius 2 is 2.05 bits per heavy atom. The van der Waals surface area contributed by atoms with Gasteiger partial charge in [0.25, 0.3) is 0 Å². The predicted molar refractivity (Wildman–Crippen MR) is 63.4 cm³/mol. The number of aromatic nitrogens is 3. The fraction of sp³-hybridized carbons (Fsp3) is 0.333. The number of nitrogens with zero attached hydrogens (tertiary/aromatic N) is 2. The van der Waals surface area contributed by atoms with Crippen LogP contribution in [0.2, 0.25) is 0 Å². The van der Waals surface area contributed by atoms with Crippen LogP contribution in [0.4, 0.5) is 13.2 Å². The first kappa shape index (κ1) is 13.5. The molecule has 0 bridgehead atoms. The zero-order chi connectivity index (χ0) is 13.9. The maximum Gasteiger partial charge on any atom is 0.416 e. The summed E-state index contributed by atoms with van der Waals surface area (Å²) in [5, 5.41) is 6.63. The number of alkyl halides is 3. The van der Waals surface area contributed by atoms with Crippen LogP contribution in [-0.4, -0.2) is 21.7 Å². The molecule has 1 aromatic heterocycles. The van der Waals surface area contributed by atoms with E-state index in [1.165, 1.54) is 6.07 Å². The molecule has 1 heterocycles. The van der Waals surface area contributed by atoms with Crippen molar-refractivity contribution >= 4 is 0 Å². The number of benzene rings is 1. The van der Waals surface area contributed by atoms with E-state index in [1.807, 2.05) is 0 Å². The minimum atomic E-state index is -4.33. The molecule has 0 aliphatic carbocycles. The molecule has 0 spiro atoms. The Labute approximate surface area is 107 Å². The molecule has 0 saturated carbocycles. The van der Waals surface area contributed by atoms with Crippen LogP contribution in [0.1, 0.15) is 22.8 Å². The highest BCUT2D eigenvalue weighted by molar-refractivity contribution is 5.27. The Morgan fingerprint density at radius 1 is 1.26 bits per heavy atom. The van der Waals surface area contributed by atoms with E-state index in [4.69, 9.17) is 5.73 Å². The lowest BCUT2D eigenvalue weighted by atomic mass is 10.1. The molecule has 0 amide bonds. The number of halogens is 3. The largest absolute Gasteiger partial charge is 0.416 e. The van der Waals surface area contributed by atoms with Gasteiger partial charge >= 0.3 is 6.18 Å². The molecule has 0 unspecified atom stereocenters. The van der Waals surface area contributed by atoms with E-state index in [1.54, 1.807) is 6.07 Å². The summed E-state index contributed by atoms with van der Waals surface area (Å²) in [5.41, 5.74) is 5.24. The van der Waals surface area contributed by atoms with Crippen molar-refractivity contribution < 1.29 is 13.2 Å². The van der Waals surface area contributed by atoms with Crippen molar-refractivity contribution in [1.29, 1.82) is 0 Å². The lowest BCUT2D eigenvalue weighted by molar-refractivity contribution is -0.137. The van der Waals surface area contributed by atoms with Gasteiger partial charge in [-0.25, -0.2) is 4.98 Å². The first-order valence-electron chi connectivity index (χ1n) is 5.75. The molecule has 3 N–H and O–H groups in total. The predicted octanol–water partition coefficient (Wildman–Crippen LogP) is 1.92. The third kappa shape index (κ3) is 3.54. The van der Waals surface area contributed by atoms with Gasteiger partial charge in [0.15, 0.2) is 5.82 Å². The lowest BCUT2D eigenvalue weighted by Gasteiger charge is -2.07. The van der Waals surface area contributed by atoms with Crippen LogP contribution in [0, 0.1) is 0 Å².